The van der Waals surface area contributed by atoms with Crippen LogP contribution in [0.1, 0.15) is 36.0 Å². The van der Waals surface area contributed by atoms with E-state index in [1.165, 1.54) is 0 Å². The van der Waals surface area contributed by atoms with Crippen molar-refractivity contribution in [3.05, 3.63) is 23.3 Å². The Kier molecular flexibility index (Phi) is 3.96. The molecule has 23 heavy (non-hydrogen) atoms. The average molecular weight is 333 g/mol. The Morgan fingerprint density at radius 1 is 1.26 bits per heavy atom. The molecule has 0 N–H and O–H groups in total. The summed E-state index contributed by atoms with van der Waals surface area (Å²) in [4.78, 5) is 21.2. The van der Waals surface area contributed by atoms with Crippen molar-refractivity contribution in [2.45, 2.75) is 32.6 Å². The minimum absolute atomic E-state index is 0.0714. The van der Waals surface area contributed by atoms with E-state index in [1.807, 2.05) is 6.92 Å². The molecule has 3 rings (SSSR count). The monoisotopic (exact) mass is 333 g/mol. The minimum atomic E-state index is -2.94. The highest BCUT2D eigenvalue weighted by molar-refractivity contribution is 7.91. The molecule has 2 fully saturated rings. The van der Waals surface area contributed by atoms with Gasteiger partial charge in [-0.1, -0.05) is 0 Å². The van der Waals surface area contributed by atoms with Crippen LogP contribution < -0.4 is 0 Å². The number of nitrogens with zero attached hydrogens (tertiary/aromatic N) is 3. The molecule has 0 amide bonds. The molecule has 1 aromatic rings. The fourth-order valence-electron chi connectivity index (χ4n) is 3.98. The van der Waals surface area contributed by atoms with Crippen LogP contribution in [-0.4, -0.2) is 35.7 Å². The molecule has 0 spiro atoms. The standard InChI is InChI=1S/C16H19N3O3S/c1-9-3-15(19-10(2)18-9)14(6-17)16(20)11-4-12-7-23(21,22)8-13(12)5-11/h3,11-14H,4-5,7-8H2,1-2H3/t11?,12-,13+,14?. The first-order valence-corrected chi connectivity index (χ1v) is 9.57. The van der Waals surface area contributed by atoms with Gasteiger partial charge in [0.2, 0.25) is 0 Å². The van der Waals surface area contributed by atoms with Crippen LogP contribution in [0.2, 0.25) is 0 Å². The first kappa shape index (κ1) is 16.1. The largest absolute Gasteiger partial charge is 0.297 e. The number of carbonyl (C=O) groups is 1. The summed E-state index contributed by atoms with van der Waals surface area (Å²) in [5, 5.41) is 9.45. The first-order valence-electron chi connectivity index (χ1n) is 7.75. The highest BCUT2D eigenvalue weighted by Gasteiger charge is 2.47. The Morgan fingerprint density at radius 2 is 1.87 bits per heavy atom. The quantitative estimate of drug-likeness (QED) is 0.827. The first-order chi connectivity index (χ1) is 10.8. The van der Waals surface area contributed by atoms with Gasteiger partial charge in [0.25, 0.3) is 0 Å². The lowest BCUT2D eigenvalue weighted by molar-refractivity contribution is -0.123. The van der Waals surface area contributed by atoms with Gasteiger partial charge < -0.3 is 0 Å². The van der Waals surface area contributed by atoms with E-state index in [4.69, 9.17) is 0 Å². The molecular weight excluding hydrogens is 314 g/mol. The van der Waals surface area contributed by atoms with Gasteiger partial charge in [-0.2, -0.15) is 5.26 Å². The highest BCUT2D eigenvalue weighted by atomic mass is 32.2. The summed E-state index contributed by atoms with van der Waals surface area (Å²) in [5.74, 6) is -0.200. The minimum Gasteiger partial charge on any atom is -0.297 e. The number of nitriles is 1. The van der Waals surface area contributed by atoms with E-state index >= 15 is 0 Å². The zero-order valence-corrected chi connectivity index (χ0v) is 14.0. The second-order valence-corrected chi connectivity index (χ2v) is 8.87. The average Bonchev–Trinajstić information content (AvgIpc) is 2.91. The van der Waals surface area contributed by atoms with Crippen molar-refractivity contribution in [2.24, 2.45) is 17.8 Å². The van der Waals surface area contributed by atoms with Gasteiger partial charge in [0.05, 0.1) is 23.3 Å². The van der Waals surface area contributed by atoms with E-state index in [0.717, 1.165) is 5.69 Å². The number of aryl methyl sites for hydroxylation is 2. The predicted molar refractivity (Wildman–Crippen MR) is 83.2 cm³/mol. The van der Waals surface area contributed by atoms with Gasteiger partial charge >= 0.3 is 0 Å². The maximum absolute atomic E-state index is 12.8. The molecule has 0 bridgehead atoms. The maximum Gasteiger partial charge on any atom is 0.159 e. The Hall–Kier alpha value is -1.81. The molecule has 2 aliphatic rings. The van der Waals surface area contributed by atoms with Gasteiger partial charge in [0.1, 0.15) is 11.7 Å². The van der Waals surface area contributed by atoms with Crippen molar-refractivity contribution in [3.63, 3.8) is 0 Å². The molecule has 1 aliphatic heterocycles. The predicted octanol–water partition coefficient (Wildman–Crippen LogP) is 1.34. The van der Waals surface area contributed by atoms with Gasteiger partial charge in [-0.25, -0.2) is 18.4 Å². The molecular formula is C16H19N3O3S. The Morgan fingerprint density at radius 3 is 2.39 bits per heavy atom. The van der Waals surface area contributed by atoms with Crippen LogP contribution >= 0.6 is 0 Å². The van der Waals surface area contributed by atoms with E-state index < -0.39 is 15.8 Å². The van der Waals surface area contributed by atoms with Crippen LogP contribution in [0.4, 0.5) is 0 Å². The van der Waals surface area contributed by atoms with E-state index in [2.05, 4.69) is 16.0 Å². The smallest absolute Gasteiger partial charge is 0.159 e. The third-order valence-corrected chi connectivity index (χ3v) is 6.75. The molecule has 0 radical (unpaired) electrons. The zero-order valence-electron chi connectivity index (χ0n) is 13.2. The number of ketones is 1. The molecule has 1 saturated heterocycles. The molecule has 0 aromatic carbocycles. The number of carbonyl (C=O) groups excluding carboxylic acids is 1. The van der Waals surface area contributed by atoms with Gasteiger partial charge in [0.15, 0.2) is 15.6 Å². The number of hydrogen-bond acceptors (Lipinski definition) is 6. The Labute approximate surface area is 135 Å². The van der Waals surface area contributed by atoms with Crippen molar-refractivity contribution in [1.82, 2.24) is 9.97 Å². The van der Waals surface area contributed by atoms with Crippen LogP contribution in [0, 0.1) is 42.9 Å². The molecule has 1 aliphatic carbocycles. The topological polar surface area (TPSA) is 101 Å². The fourth-order valence-corrected chi connectivity index (χ4v) is 6.23. The number of Topliss-reactive ketones (excluding diaryl/α,β-unsaturated/α-hetero) is 1. The number of aromatic nitrogens is 2. The summed E-state index contributed by atoms with van der Waals surface area (Å²) in [6, 6.07) is 3.75. The van der Waals surface area contributed by atoms with Crippen LogP contribution in [0.15, 0.2) is 6.07 Å². The second kappa shape index (κ2) is 5.68. The number of sulfone groups is 1. The summed E-state index contributed by atoms with van der Waals surface area (Å²) >= 11 is 0. The summed E-state index contributed by atoms with van der Waals surface area (Å²) in [5.41, 5.74) is 1.18. The van der Waals surface area contributed by atoms with E-state index in [0.29, 0.717) is 24.4 Å². The van der Waals surface area contributed by atoms with Crippen molar-refractivity contribution < 1.29 is 13.2 Å². The fraction of sp³-hybridized carbons (Fsp3) is 0.625. The number of fused-ring (bicyclic) bond motifs is 1. The Balaban J connectivity index is 1.79. The van der Waals surface area contributed by atoms with Crippen molar-refractivity contribution >= 4 is 15.6 Å². The van der Waals surface area contributed by atoms with Crippen molar-refractivity contribution in [3.8, 4) is 6.07 Å². The van der Waals surface area contributed by atoms with Crippen LogP contribution in [0.5, 0.6) is 0 Å². The van der Waals surface area contributed by atoms with Gasteiger partial charge in [-0.3, -0.25) is 4.79 Å². The molecule has 2 heterocycles. The third-order valence-electron chi connectivity index (χ3n) is 4.87. The SMILES string of the molecule is Cc1cc(C(C#N)C(=O)C2C[C@@H]3CS(=O)(=O)C[C@@H]3C2)nc(C)n1. The molecule has 1 aromatic heterocycles. The van der Waals surface area contributed by atoms with Crippen LogP contribution in [0.3, 0.4) is 0 Å². The lowest BCUT2D eigenvalue weighted by atomic mass is 9.89. The molecule has 2 unspecified atom stereocenters. The van der Waals surface area contributed by atoms with Crippen molar-refractivity contribution in [2.75, 3.05) is 11.5 Å². The van der Waals surface area contributed by atoms with Crippen molar-refractivity contribution in [1.29, 1.82) is 5.26 Å². The van der Waals surface area contributed by atoms with Gasteiger partial charge in [0, 0.05) is 11.6 Å². The third kappa shape index (κ3) is 3.13. The number of rotatable bonds is 3. The highest BCUT2D eigenvalue weighted by Crippen LogP contribution is 2.44. The Bertz CT molecular complexity index is 757. The van der Waals surface area contributed by atoms with E-state index in [9.17, 15) is 18.5 Å². The van der Waals surface area contributed by atoms with E-state index in [-0.39, 0.29) is 35.0 Å². The summed E-state index contributed by atoms with van der Waals surface area (Å²) < 4.78 is 23.3. The van der Waals surface area contributed by atoms with Gasteiger partial charge in [-0.05, 0) is 44.6 Å². The lowest BCUT2D eigenvalue weighted by Crippen LogP contribution is -2.22. The summed E-state index contributed by atoms with van der Waals surface area (Å²) in [6.07, 6.45) is 1.15. The molecule has 7 heteroatoms. The molecule has 122 valence electrons. The van der Waals surface area contributed by atoms with Crippen LogP contribution in [0.25, 0.3) is 0 Å². The lowest BCUT2D eigenvalue weighted by Gasteiger charge is -2.15. The van der Waals surface area contributed by atoms with E-state index in [1.54, 1.807) is 13.0 Å². The normalized spacial score (nSPS) is 29.7. The zero-order chi connectivity index (χ0) is 16.8. The maximum atomic E-state index is 12.8. The van der Waals surface area contributed by atoms with Gasteiger partial charge in [-0.15, -0.1) is 0 Å². The summed E-state index contributed by atoms with van der Waals surface area (Å²) in [7, 11) is -2.94. The second-order valence-electron chi connectivity index (χ2n) is 6.71. The number of hydrogen-bond donors (Lipinski definition) is 0. The molecule has 4 atom stereocenters. The summed E-state index contributed by atoms with van der Waals surface area (Å²) in [6.45, 7) is 3.54. The van der Waals surface area contributed by atoms with Crippen LogP contribution in [-0.2, 0) is 14.6 Å². The molecule has 1 saturated carbocycles. The molecule has 6 nitrogen and oxygen atoms in total.